The van der Waals surface area contributed by atoms with Crippen molar-refractivity contribution in [2.75, 3.05) is 76.2 Å². The number of carbonyl (C=O) groups excluding carboxylic acids is 1. The fraction of sp³-hybridized carbons (Fsp3) is 0.417. The average Bonchev–Trinajstić information content (AvgIpc) is 3.94. The van der Waals surface area contributed by atoms with Crippen LogP contribution in [-0.4, -0.2) is 112 Å². The van der Waals surface area contributed by atoms with Crippen LogP contribution in [0.1, 0.15) is 61.9 Å². The van der Waals surface area contributed by atoms with Crippen LogP contribution in [0.4, 0.5) is 24.5 Å². The maximum atomic E-state index is 13.0. The van der Waals surface area contributed by atoms with Crippen LogP contribution in [0.3, 0.4) is 0 Å². The molecular formula is C48H58ClF3N8O4S2. The molecule has 5 N–H and O–H groups in total. The van der Waals surface area contributed by atoms with E-state index in [1.54, 1.807) is 24.9 Å². The van der Waals surface area contributed by atoms with Crippen LogP contribution in [0.15, 0.2) is 101 Å². The molecule has 1 unspecified atom stereocenters. The lowest BCUT2D eigenvalue weighted by atomic mass is 9.72. The normalized spacial score (nSPS) is 18.3. The molecule has 4 heterocycles. The summed E-state index contributed by atoms with van der Waals surface area (Å²) >= 11 is 7.23. The predicted molar refractivity (Wildman–Crippen MR) is 259 cm³/mol. The zero-order valence-electron chi connectivity index (χ0n) is 37.5. The first-order chi connectivity index (χ1) is 31.5. The summed E-state index contributed by atoms with van der Waals surface area (Å²) in [5.74, 6) is 1.16. The molecule has 2 saturated heterocycles. The van der Waals surface area contributed by atoms with Gasteiger partial charge in [-0.2, -0.15) is 13.2 Å². The number of sulfone groups is 1. The van der Waals surface area contributed by atoms with E-state index in [4.69, 9.17) is 22.1 Å². The molecule has 1 atom stereocenters. The summed E-state index contributed by atoms with van der Waals surface area (Å²) in [6.45, 7) is 12.4. The zero-order chi connectivity index (χ0) is 47.1. The number of hydrogen-bond acceptors (Lipinski definition) is 12. The number of carbonyl (C=O) groups is 1. The molecule has 2 aromatic heterocycles. The first-order valence-electron chi connectivity index (χ1n) is 22.2. The number of allylic oxidation sites excluding steroid dienone is 1. The number of anilines is 2. The summed E-state index contributed by atoms with van der Waals surface area (Å²) in [5.41, 5.74) is 7.52. The van der Waals surface area contributed by atoms with Crippen LogP contribution in [0.25, 0.3) is 16.6 Å². The van der Waals surface area contributed by atoms with E-state index < -0.39 is 20.2 Å². The zero-order valence-corrected chi connectivity index (χ0v) is 39.9. The number of likely N-dealkylation sites (tertiary alicyclic amines) is 1. The number of benzene rings is 3. The van der Waals surface area contributed by atoms with E-state index in [1.807, 2.05) is 48.7 Å². The van der Waals surface area contributed by atoms with Gasteiger partial charge in [0.05, 0.1) is 17.4 Å². The van der Waals surface area contributed by atoms with E-state index in [0.29, 0.717) is 40.3 Å². The van der Waals surface area contributed by atoms with Gasteiger partial charge in [-0.1, -0.05) is 43.2 Å². The first-order valence-corrected chi connectivity index (χ1v) is 24.8. The number of rotatable bonds is 15. The fourth-order valence-corrected chi connectivity index (χ4v) is 10.4. The Bertz CT molecular complexity index is 2600. The highest BCUT2D eigenvalue weighted by Crippen LogP contribution is 2.44. The molecule has 2 aliphatic heterocycles. The number of nitrogens with two attached hydrogens (primary N) is 1. The summed E-state index contributed by atoms with van der Waals surface area (Å²) in [5, 5.41) is 4.58. The summed E-state index contributed by atoms with van der Waals surface area (Å²) < 4.78 is 71.6. The highest BCUT2D eigenvalue weighted by molar-refractivity contribution is 7.97. The summed E-state index contributed by atoms with van der Waals surface area (Å²) in [6, 6.07) is 22.2. The van der Waals surface area contributed by atoms with Crippen molar-refractivity contribution in [1.82, 2.24) is 24.5 Å². The van der Waals surface area contributed by atoms with E-state index in [1.165, 1.54) is 23.6 Å². The molecule has 0 spiro atoms. The van der Waals surface area contributed by atoms with E-state index in [-0.39, 0.29) is 11.7 Å². The van der Waals surface area contributed by atoms with Gasteiger partial charge in [0, 0.05) is 85.1 Å². The first kappa shape index (κ1) is 49.3. The van der Waals surface area contributed by atoms with Crippen molar-refractivity contribution >= 4 is 67.7 Å². The maximum absolute atomic E-state index is 13.0. The molecule has 66 heavy (non-hydrogen) atoms. The number of H-pyrrole nitrogens is 1. The Morgan fingerprint density at radius 3 is 2.48 bits per heavy atom. The number of piperazine rings is 1. The highest BCUT2D eigenvalue weighted by atomic mass is 35.5. The number of aldehydes is 1. The fourth-order valence-electron chi connectivity index (χ4n) is 8.67. The number of alkyl halides is 3. The molecule has 18 heteroatoms. The minimum absolute atomic E-state index is 0.0408. The number of nitrogens with one attached hydrogen (secondary N) is 3. The van der Waals surface area contributed by atoms with E-state index in [9.17, 15) is 26.4 Å². The second kappa shape index (κ2) is 21.6. The molecule has 12 nitrogen and oxygen atoms in total. The molecule has 0 amide bonds. The number of hydrogen-bond donors (Lipinski definition) is 4. The summed E-state index contributed by atoms with van der Waals surface area (Å²) in [7, 11) is -3.84. The lowest BCUT2D eigenvalue weighted by Gasteiger charge is -2.39. The SMILES string of the molecule is CC1(C)CCC(CN2CCN(c3ccc(C=O)c(Oc4cnc5[nH]ccc5c4)c3)CC2)=C(c2ccc(Cl)cc2)C1.CNSc1ccc(NCCCN2CCC(N)C2)c(S(=O)(=O)C(F)(F)F)c1. The Balaban J connectivity index is 0.000000217. The van der Waals surface area contributed by atoms with E-state index in [2.05, 4.69) is 60.7 Å². The number of ether oxygens (including phenoxy) is 1. The van der Waals surface area contributed by atoms with Gasteiger partial charge < -0.3 is 30.6 Å². The van der Waals surface area contributed by atoms with Gasteiger partial charge in [0.2, 0.25) is 0 Å². The minimum Gasteiger partial charge on any atom is -0.455 e. The largest absolute Gasteiger partial charge is 0.501 e. The molecule has 354 valence electrons. The third kappa shape index (κ3) is 12.5. The Morgan fingerprint density at radius 2 is 1.79 bits per heavy atom. The Hall–Kier alpha value is -4.62. The molecule has 0 saturated carbocycles. The van der Waals surface area contributed by atoms with Gasteiger partial charge in [-0.25, -0.2) is 13.4 Å². The van der Waals surface area contributed by atoms with E-state index in [0.717, 1.165) is 118 Å². The predicted octanol–water partition coefficient (Wildman–Crippen LogP) is 9.65. The second-order valence-corrected chi connectivity index (χ2v) is 21.2. The lowest BCUT2D eigenvalue weighted by Crippen LogP contribution is -2.47. The number of aromatic amines is 1. The summed E-state index contributed by atoms with van der Waals surface area (Å²) in [6.07, 6.45) is 9.44. The molecule has 0 bridgehead atoms. The molecule has 2 fully saturated rings. The Labute approximate surface area is 394 Å². The molecule has 3 aliphatic rings. The quantitative estimate of drug-likeness (QED) is 0.0450. The summed E-state index contributed by atoms with van der Waals surface area (Å²) in [4.78, 5) is 26.0. The van der Waals surface area contributed by atoms with Gasteiger partial charge in [0.15, 0.2) is 6.29 Å². The molecule has 0 radical (unpaired) electrons. The van der Waals surface area contributed by atoms with Crippen LogP contribution < -0.4 is 25.4 Å². The Morgan fingerprint density at radius 1 is 1.02 bits per heavy atom. The third-order valence-electron chi connectivity index (χ3n) is 12.3. The van der Waals surface area contributed by atoms with Crippen LogP contribution in [-0.2, 0) is 9.84 Å². The van der Waals surface area contributed by atoms with Gasteiger partial charge in [-0.15, -0.1) is 0 Å². The van der Waals surface area contributed by atoms with Gasteiger partial charge in [-0.3, -0.25) is 14.4 Å². The van der Waals surface area contributed by atoms with Gasteiger partial charge >= 0.3 is 5.51 Å². The maximum Gasteiger partial charge on any atom is 0.501 e. The van der Waals surface area contributed by atoms with Crippen LogP contribution in [0.5, 0.6) is 11.5 Å². The third-order valence-corrected chi connectivity index (χ3v) is 14.8. The molecule has 8 rings (SSSR count). The number of aromatic nitrogens is 2. The van der Waals surface area contributed by atoms with Crippen molar-refractivity contribution < 1.29 is 31.1 Å². The second-order valence-electron chi connectivity index (χ2n) is 17.8. The van der Waals surface area contributed by atoms with Gasteiger partial charge in [0.25, 0.3) is 9.84 Å². The molecular weight excluding hydrogens is 909 g/mol. The van der Waals surface area contributed by atoms with Crippen LogP contribution >= 0.6 is 23.5 Å². The number of nitrogens with zero attached hydrogens (tertiary/aromatic N) is 4. The van der Waals surface area contributed by atoms with Gasteiger partial charge in [0.1, 0.15) is 22.0 Å². The highest BCUT2D eigenvalue weighted by Gasteiger charge is 2.48. The van der Waals surface area contributed by atoms with Crippen LogP contribution in [0.2, 0.25) is 5.02 Å². The Kier molecular flexibility index (Phi) is 16.1. The minimum atomic E-state index is -5.44. The standard InChI is InChI=1S/C33H35ClN4O2.C15H23F3N4O2S2/c1-33(2)11-9-25(30(19-33)23-3-6-27(34)7-4-23)21-37-13-15-38(16-14-37)28-8-5-26(22-39)31(18-28)40-29-17-24-10-12-35-32(24)36-20-29;1-20-25-12-3-4-13(14(9-12)26(23,24)15(16,17)18)21-6-2-7-22-8-5-11(19)10-22/h3-8,10,12,17-18,20,22H,9,11,13-16,19,21H2,1-2H3,(H,35,36);3-4,9,11,20-21H,2,5-8,10,19H2,1H3. The van der Waals surface area contributed by atoms with Crippen molar-refractivity contribution in [3.63, 3.8) is 0 Å². The molecule has 5 aromatic rings. The topological polar surface area (TPSA) is 149 Å². The number of halogens is 4. The number of fused-ring (bicyclic) bond motifs is 1. The van der Waals surface area contributed by atoms with Gasteiger partial charge in [-0.05, 0) is 135 Å². The monoisotopic (exact) mass is 966 g/mol. The molecule has 1 aliphatic carbocycles. The number of pyridine rings is 1. The van der Waals surface area contributed by atoms with Crippen molar-refractivity contribution in [2.45, 2.75) is 67.3 Å². The smallest absolute Gasteiger partial charge is 0.455 e. The van der Waals surface area contributed by atoms with Crippen LogP contribution in [0, 0.1) is 5.41 Å². The molecule has 3 aromatic carbocycles. The van der Waals surface area contributed by atoms with Crippen molar-refractivity contribution in [2.24, 2.45) is 11.1 Å². The van der Waals surface area contributed by atoms with Crippen molar-refractivity contribution in [3.8, 4) is 11.5 Å². The van der Waals surface area contributed by atoms with E-state index >= 15 is 0 Å². The van der Waals surface area contributed by atoms with Crippen molar-refractivity contribution in [3.05, 3.63) is 107 Å². The average molecular weight is 968 g/mol. The lowest BCUT2D eigenvalue weighted by molar-refractivity contribution is -0.0435. The van der Waals surface area contributed by atoms with Crippen molar-refractivity contribution in [1.29, 1.82) is 0 Å².